The standard InChI is InChI=1S/C16H27N5O3S/c1-25(23,24)21-5-2-15(3-6-21)16(22)20-12-10-18(11-13-20)8-9-19-7-4-17-14-19/h4,7,14-15H,2-3,5-6,8-13H2,1H3. The van der Waals surface area contributed by atoms with Gasteiger partial charge in [0.05, 0.1) is 12.6 Å². The van der Waals surface area contributed by atoms with Crippen LogP contribution in [0.3, 0.4) is 0 Å². The number of aromatic nitrogens is 2. The monoisotopic (exact) mass is 369 g/mol. The quantitative estimate of drug-likeness (QED) is 0.712. The van der Waals surface area contributed by atoms with Crippen LogP contribution < -0.4 is 0 Å². The molecule has 0 aromatic carbocycles. The zero-order valence-electron chi connectivity index (χ0n) is 14.7. The Bertz CT molecular complexity index is 660. The third kappa shape index (κ3) is 4.80. The summed E-state index contributed by atoms with van der Waals surface area (Å²) < 4.78 is 26.7. The number of piperidine rings is 1. The van der Waals surface area contributed by atoms with Gasteiger partial charge in [-0.2, -0.15) is 0 Å². The fraction of sp³-hybridized carbons (Fsp3) is 0.750. The first-order valence-corrected chi connectivity index (χ1v) is 10.7. The van der Waals surface area contributed by atoms with E-state index in [1.54, 1.807) is 6.20 Å². The molecule has 140 valence electrons. The normalized spacial score (nSPS) is 21.6. The zero-order valence-corrected chi connectivity index (χ0v) is 15.6. The lowest BCUT2D eigenvalue weighted by atomic mass is 9.96. The van der Waals surface area contributed by atoms with Crippen molar-refractivity contribution in [2.75, 3.05) is 52.1 Å². The third-order valence-electron chi connectivity index (χ3n) is 5.19. The summed E-state index contributed by atoms with van der Waals surface area (Å²) in [6.45, 7) is 6.10. The van der Waals surface area contributed by atoms with E-state index in [-0.39, 0.29) is 11.8 Å². The van der Waals surface area contributed by atoms with E-state index in [2.05, 4.69) is 14.5 Å². The summed E-state index contributed by atoms with van der Waals surface area (Å²) in [7, 11) is -3.14. The van der Waals surface area contributed by atoms with Gasteiger partial charge >= 0.3 is 0 Å². The minimum absolute atomic E-state index is 0.0319. The van der Waals surface area contributed by atoms with Gasteiger partial charge in [-0.25, -0.2) is 17.7 Å². The lowest BCUT2D eigenvalue weighted by Crippen LogP contribution is -2.52. The van der Waals surface area contributed by atoms with E-state index in [0.717, 1.165) is 39.3 Å². The van der Waals surface area contributed by atoms with Gasteiger partial charge in [0, 0.05) is 70.7 Å². The molecule has 0 unspecified atom stereocenters. The molecule has 0 spiro atoms. The van der Waals surface area contributed by atoms with Gasteiger partial charge in [-0.1, -0.05) is 0 Å². The number of amides is 1. The Labute approximate surface area is 149 Å². The van der Waals surface area contributed by atoms with Crippen molar-refractivity contribution in [1.29, 1.82) is 0 Å². The fourth-order valence-corrected chi connectivity index (χ4v) is 4.43. The second-order valence-electron chi connectivity index (χ2n) is 6.90. The maximum absolute atomic E-state index is 12.7. The molecular weight excluding hydrogens is 342 g/mol. The Kier molecular flexibility index (Phi) is 5.75. The van der Waals surface area contributed by atoms with Crippen LogP contribution in [-0.4, -0.2) is 90.1 Å². The van der Waals surface area contributed by atoms with E-state index in [9.17, 15) is 13.2 Å². The lowest BCUT2D eigenvalue weighted by molar-refractivity contribution is -0.138. The first kappa shape index (κ1) is 18.3. The van der Waals surface area contributed by atoms with Gasteiger partial charge in [0.1, 0.15) is 0 Å². The summed E-state index contributed by atoms with van der Waals surface area (Å²) in [5, 5.41) is 0. The average Bonchev–Trinajstić information content (AvgIpc) is 3.13. The molecule has 9 heteroatoms. The molecule has 3 rings (SSSR count). The molecule has 0 radical (unpaired) electrons. The van der Waals surface area contributed by atoms with Gasteiger partial charge in [0.15, 0.2) is 0 Å². The van der Waals surface area contributed by atoms with Crippen molar-refractivity contribution in [2.45, 2.75) is 19.4 Å². The summed E-state index contributed by atoms with van der Waals surface area (Å²) in [4.78, 5) is 21.1. The second-order valence-corrected chi connectivity index (χ2v) is 8.89. The number of sulfonamides is 1. The summed E-state index contributed by atoms with van der Waals surface area (Å²) in [5.74, 6) is 0.165. The van der Waals surface area contributed by atoms with Crippen molar-refractivity contribution in [3.63, 3.8) is 0 Å². The van der Waals surface area contributed by atoms with Gasteiger partial charge in [-0.05, 0) is 12.8 Å². The highest BCUT2D eigenvalue weighted by Crippen LogP contribution is 2.22. The SMILES string of the molecule is CS(=O)(=O)N1CCC(C(=O)N2CCN(CCn3ccnc3)CC2)CC1. The minimum atomic E-state index is -3.14. The topological polar surface area (TPSA) is 78.8 Å². The number of carbonyl (C=O) groups is 1. The molecule has 0 saturated carbocycles. The van der Waals surface area contributed by atoms with Gasteiger partial charge in [0.25, 0.3) is 0 Å². The predicted molar refractivity (Wildman–Crippen MR) is 94.4 cm³/mol. The highest BCUT2D eigenvalue weighted by Gasteiger charge is 2.32. The van der Waals surface area contributed by atoms with Crippen LogP contribution in [0.25, 0.3) is 0 Å². The van der Waals surface area contributed by atoms with Crippen LogP contribution in [0.4, 0.5) is 0 Å². The summed E-state index contributed by atoms with van der Waals surface area (Å²) in [6, 6.07) is 0. The Hall–Kier alpha value is -1.45. The molecular formula is C16H27N5O3S. The Balaban J connectivity index is 1.41. The lowest BCUT2D eigenvalue weighted by Gasteiger charge is -2.38. The van der Waals surface area contributed by atoms with Crippen molar-refractivity contribution < 1.29 is 13.2 Å². The minimum Gasteiger partial charge on any atom is -0.340 e. The largest absolute Gasteiger partial charge is 0.340 e. The predicted octanol–water partition coefficient (Wildman–Crippen LogP) is -0.301. The third-order valence-corrected chi connectivity index (χ3v) is 6.49. The summed E-state index contributed by atoms with van der Waals surface area (Å²) >= 11 is 0. The van der Waals surface area contributed by atoms with Gasteiger partial charge in [0.2, 0.25) is 15.9 Å². The van der Waals surface area contributed by atoms with Crippen molar-refractivity contribution in [3.8, 4) is 0 Å². The van der Waals surface area contributed by atoms with E-state index >= 15 is 0 Å². The van der Waals surface area contributed by atoms with E-state index in [1.165, 1.54) is 10.6 Å². The highest BCUT2D eigenvalue weighted by molar-refractivity contribution is 7.88. The van der Waals surface area contributed by atoms with Crippen LogP contribution in [0, 0.1) is 5.92 Å². The molecule has 0 aliphatic carbocycles. The van der Waals surface area contributed by atoms with Gasteiger partial charge < -0.3 is 9.47 Å². The molecule has 1 aromatic rings. The number of hydrogen-bond donors (Lipinski definition) is 0. The number of carbonyl (C=O) groups excluding carboxylic acids is 1. The molecule has 2 fully saturated rings. The van der Waals surface area contributed by atoms with Gasteiger partial charge in [-0.15, -0.1) is 0 Å². The van der Waals surface area contributed by atoms with E-state index < -0.39 is 10.0 Å². The molecule has 0 N–H and O–H groups in total. The summed E-state index contributed by atoms with van der Waals surface area (Å²) in [6.07, 6.45) is 8.06. The first-order chi connectivity index (χ1) is 11.9. The van der Waals surface area contributed by atoms with E-state index in [1.807, 2.05) is 17.4 Å². The number of hydrogen-bond acceptors (Lipinski definition) is 5. The second kappa shape index (κ2) is 7.84. The molecule has 25 heavy (non-hydrogen) atoms. The van der Waals surface area contributed by atoms with Crippen LogP contribution in [0.2, 0.25) is 0 Å². The van der Waals surface area contributed by atoms with Crippen LogP contribution in [0.1, 0.15) is 12.8 Å². The molecule has 8 nitrogen and oxygen atoms in total. The first-order valence-electron chi connectivity index (χ1n) is 8.85. The molecule has 2 aliphatic rings. The van der Waals surface area contributed by atoms with Crippen LogP contribution in [0.15, 0.2) is 18.7 Å². The Morgan fingerprint density at radius 2 is 1.76 bits per heavy atom. The average molecular weight is 369 g/mol. The number of piperazine rings is 1. The molecule has 0 atom stereocenters. The maximum atomic E-state index is 12.7. The number of imidazole rings is 1. The number of nitrogens with zero attached hydrogens (tertiary/aromatic N) is 5. The zero-order chi connectivity index (χ0) is 17.9. The molecule has 1 aromatic heterocycles. The Morgan fingerprint density at radius 3 is 2.32 bits per heavy atom. The van der Waals surface area contributed by atoms with Crippen molar-refractivity contribution in [2.24, 2.45) is 5.92 Å². The molecule has 1 amide bonds. The Morgan fingerprint density at radius 1 is 1.08 bits per heavy atom. The highest BCUT2D eigenvalue weighted by atomic mass is 32.2. The van der Waals surface area contributed by atoms with Gasteiger partial charge in [-0.3, -0.25) is 9.69 Å². The van der Waals surface area contributed by atoms with Crippen molar-refractivity contribution >= 4 is 15.9 Å². The van der Waals surface area contributed by atoms with Crippen LogP contribution in [-0.2, 0) is 21.4 Å². The molecule has 2 aliphatic heterocycles. The smallest absolute Gasteiger partial charge is 0.225 e. The maximum Gasteiger partial charge on any atom is 0.225 e. The van der Waals surface area contributed by atoms with Crippen molar-refractivity contribution in [3.05, 3.63) is 18.7 Å². The molecule has 2 saturated heterocycles. The number of rotatable bonds is 5. The van der Waals surface area contributed by atoms with Crippen molar-refractivity contribution in [1.82, 2.24) is 23.7 Å². The molecule has 3 heterocycles. The van der Waals surface area contributed by atoms with E-state index in [4.69, 9.17) is 0 Å². The molecule has 0 bridgehead atoms. The summed E-state index contributed by atoms with van der Waals surface area (Å²) in [5.41, 5.74) is 0. The van der Waals surface area contributed by atoms with Crippen LogP contribution in [0.5, 0.6) is 0 Å². The van der Waals surface area contributed by atoms with Crippen LogP contribution >= 0.6 is 0 Å². The van der Waals surface area contributed by atoms with E-state index in [0.29, 0.717) is 25.9 Å². The fourth-order valence-electron chi connectivity index (χ4n) is 3.56.